The molecule has 6 nitrogen and oxygen atoms in total. The molecule has 21 heavy (non-hydrogen) atoms. The Bertz CT molecular complexity index is 449. The SMILES string of the molecule is CCCOCCCNC(=O)c1cc(NN)nc(C(C)C)c1. The van der Waals surface area contributed by atoms with Crippen molar-refractivity contribution in [2.24, 2.45) is 5.84 Å². The maximum absolute atomic E-state index is 12.1. The molecule has 0 aliphatic heterocycles. The highest BCUT2D eigenvalue weighted by Crippen LogP contribution is 2.17. The quantitative estimate of drug-likeness (QED) is 0.368. The average molecular weight is 294 g/mol. The van der Waals surface area contributed by atoms with Crippen molar-refractivity contribution in [2.45, 2.75) is 39.5 Å². The van der Waals surface area contributed by atoms with E-state index in [1.165, 1.54) is 0 Å². The third-order valence-electron chi connectivity index (χ3n) is 2.95. The van der Waals surface area contributed by atoms with Gasteiger partial charge in [-0.25, -0.2) is 10.8 Å². The van der Waals surface area contributed by atoms with E-state index in [1.54, 1.807) is 12.1 Å². The molecule has 0 radical (unpaired) electrons. The Morgan fingerprint density at radius 3 is 2.76 bits per heavy atom. The van der Waals surface area contributed by atoms with Crippen LogP contribution in [-0.4, -0.2) is 30.6 Å². The van der Waals surface area contributed by atoms with E-state index in [1.807, 2.05) is 13.8 Å². The summed E-state index contributed by atoms with van der Waals surface area (Å²) in [7, 11) is 0. The Balaban J connectivity index is 2.55. The first kappa shape index (κ1) is 17.4. The number of anilines is 1. The third kappa shape index (κ3) is 6.10. The van der Waals surface area contributed by atoms with Crippen LogP contribution in [0.1, 0.15) is 55.6 Å². The van der Waals surface area contributed by atoms with Crippen molar-refractivity contribution in [3.8, 4) is 0 Å². The van der Waals surface area contributed by atoms with E-state index in [0.717, 1.165) is 25.1 Å². The van der Waals surface area contributed by atoms with Crippen LogP contribution < -0.4 is 16.6 Å². The van der Waals surface area contributed by atoms with Crippen LogP contribution >= 0.6 is 0 Å². The second-order valence-electron chi connectivity index (χ2n) is 5.19. The zero-order chi connectivity index (χ0) is 15.7. The predicted molar refractivity (Wildman–Crippen MR) is 84.2 cm³/mol. The molecule has 1 heterocycles. The number of rotatable bonds is 9. The molecule has 0 fully saturated rings. The molecule has 0 aromatic carbocycles. The lowest BCUT2D eigenvalue weighted by Gasteiger charge is -2.11. The largest absolute Gasteiger partial charge is 0.381 e. The van der Waals surface area contributed by atoms with Gasteiger partial charge in [0.15, 0.2) is 0 Å². The monoisotopic (exact) mass is 294 g/mol. The van der Waals surface area contributed by atoms with Gasteiger partial charge in [-0.15, -0.1) is 0 Å². The summed E-state index contributed by atoms with van der Waals surface area (Å²) in [6, 6.07) is 3.45. The molecular formula is C15H26N4O2. The summed E-state index contributed by atoms with van der Waals surface area (Å²) in [5, 5.41) is 2.88. The summed E-state index contributed by atoms with van der Waals surface area (Å²) in [5.41, 5.74) is 3.90. The van der Waals surface area contributed by atoms with Crippen LogP contribution in [0, 0.1) is 0 Å². The van der Waals surface area contributed by atoms with Crippen molar-refractivity contribution in [1.82, 2.24) is 10.3 Å². The normalized spacial score (nSPS) is 10.7. The second-order valence-corrected chi connectivity index (χ2v) is 5.19. The highest BCUT2D eigenvalue weighted by atomic mass is 16.5. The number of nitrogen functional groups attached to an aromatic ring is 1. The van der Waals surface area contributed by atoms with Gasteiger partial charge in [0.2, 0.25) is 0 Å². The van der Waals surface area contributed by atoms with Gasteiger partial charge in [-0.05, 0) is 30.9 Å². The summed E-state index contributed by atoms with van der Waals surface area (Å²) in [5.74, 6) is 6.00. The molecule has 0 aliphatic carbocycles. The summed E-state index contributed by atoms with van der Waals surface area (Å²) in [4.78, 5) is 16.5. The number of amides is 1. The van der Waals surface area contributed by atoms with Crippen LogP contribution in [0.4, 0.5) is 5.82 Å². The summed E-state index contributed by atoms with van der Waals surface area (Å²) >= 11 is 0. The number of nitrogens with one attached hydrogen (secondary N) is 2. The number of hydrazine groups is 1. The number of carbonyl (C=O) groups excluding carboxylic acids is 1. The van der Waals surface area contributed by atoms with E-state index in [2.05, 4.69) is 22.7 Å². The fourth-order valence-corrected chi connectivity index (χ4v) is 1.78. The van der Waals surface area contributed by atoms with Crippen molar-refractivity contribution < 1.29 is 9.53 Å². The number of hydrogen-bond donors (Lipinski definition) is 3. The molecule has 0 unspecified atom stereocenters. The first-order valence-corrected chi connectivity index (χ1v) is 7.43. The van der Waals surface area contributed by atoms with Crippen molar-refractivity contribution in [1.29, 1.82) is 0 Å². The molecule has 1 aromatic heterocycles. The molecule has 1 amide bonds. The maximum Gasteiger partial charge on any atom is 0.251 e. The van der Waals surface area contributed by atoms with E-state index in [0.29, 0.717) is 24.5 Å². The van der Waals surface area contributed by atoms with Crippen LogP contribution in [0.5, 0.6) is 0 Å². The zero-order valence-corrected chi connectivity index (χ0v) is 13.1. The number of carbonyl (C=O) groups is 1. The summed E-state index contributed by atoms with van der Waals surface area (Å²) in [6.07, 6.45) is 1.81. The number of hydrogen-bond acceptors (Lipinski definition) is 5. The Hall–Kier alpha value is -1.66. The van der Waals surface area contributed by atoms with Crippen molar-refractivity contribution in [2.75, 3.05) is 25.2 Å². The zero-order valence-electron chi connectivity index (χ0n) is 13.1. The van der Waals surface area contributed by atoms with E-state index in [9.17, 15) is 4.79 Å². The van der Waals surface area contributed by atoms with E-state index >= 15 is 0 Å². The van der Waals surface area contributed by atoms with Gasteiger partial charge >= 0.3 is 0 Å². The van der Waals surface area contributed by atoms with Crippen molar-refractivity contribution >= 4 is 11.7 Å². The van der Waals surface area contributed by atoms with Gasteiger partial charge in [-0.2, -0.15) is 0 Å². The van der Waals surface area contributed by atoms with Crippen molar-refractivity contribution in [3.63, 3.8) is 0 Å². The summed E-state index contributed by atoms with van der Waals surface area (Å²) in [6.45, 7) is 8.14. The molecule has 0 bridgehead atoms. The Morgan fingerprint density at radius 2 is 2.14 bits per heavy atom. The fraction of sp³-hybridized carbons (Fsp3) is 0.600. The first-order chi connectivity index (χ1) is 10.1. The standard InChI is InChI=1S/C15H26N4O2/c1-4-7-21-8-5-6-17-15(20)12-9-13(11(2)3)18-14(10-12)19-16/h9-11H,4-8,16H2,1-3H3,(H,17,20)(H,18,19). The summed E-state index contributed by atoms with van der Waals surface area (Å²) < 4.78 is 5.37. The lowest BCUT2D eigenvalue weighted by Crippen LogP contribution is -2.26. The Morgan fingerprint density at radius 1 is 1.38 bits per heavy atom. The van der Waals surface area contributed by atoms with Gasteiger partial charge in [-0.3, -0.25) is 4.79 Å². The van der Waals surface area contributed by atoms with Crippen LogP contribution in [-0.2, 0) is 4.74 Å². The van der Waals surface area contributed by atoms with Gasteiger partial charge in [-0.1, -0.05) is 20.8 Å². The maximum atomic E-state index is 12.1. The number of aromatic nitrogens is 1. The average Bonchev–Trinajstić information content (AvgIpc) is 2.49. The second kappa shape index (κ2) is 9.31. The van der Waals surface area contributed by atoms with E-state index in [-0.39, 0.29) is 11.8 Å². The van der Waals surface area contributed by atoms with Crippen LogP contribution in [0.15, 0.2) is 12.1 Å². The molecule has 1 rings (SSSR count). The molecule has 118 valence electrons. The molecular weight excluding hydrogens is 268 g/mol. The van der Waals surface area contributed by atoms with Crippen molar-refractivity contribution in [3.05, 3.63) is 23.4 Å². The van der Waals surface area contributed by atoms with Crippen LogP contribution in [0.2, 0.25) is 0 Å². The van der Waals surface area contributed by atoms with Gasteiger partial charge in [0.25, 0.3) is 5.91 Å². The predicted octanol–water partition coefficient (Wildman–Crippen LogP) is 2.04. The molecule has 0 atom stereocenters. The van der Waals surface area contributed by atoms with Crippen LogP contribution in [0.25, 0.3) is 0 Å². The highest BCUT2D eigenvalue weighted by Gasteiger charge is 2.11. The van der Waals surface area contributed by atoms with E-state index < -0.39 is 0 Å². The van der Waals surface area contributed by atoms with Gasteiger partial charge in [0.05, 0.1) is 0 Å². The van der Waals surface area contributed by atoms with Gasteiger partial charge < -0.3 is 15.5 Å². The lowest BCUT2D eigenvalue weighted by molar-refractivity contribution is 0.0941. The molecule has 0 saturated carbocycles. The molecule has 0 saturated heterocycles. The fourth-order valence-electron chi connectivity index (χ4n) is 1.78. The number of ether oxygens (including phenoxy) is 1. The van der Waals surface area contributed by atoms with E-state index in [4.69, 9.17) is 10.6 Å². The van der Waals surface area contributed by atoms with Gasteiger partial charge in [0, 0.05) is 31.0 Å². The number of pyridine rings is 1. The smallest absolute Gasteiger partial charge is 0.251 e. The van der Waals surface area contributed by atoms with Gasteiger partial charge in [0.1, 0.15) is 5.82 Å². The van der Waals surface area contributed by atoms with Crippen LogP contribution in [0.3, 0.4) is 0 Å². The minimum atomic E-state index is -0.119. The molecule has 0 spiro atoms. The Labute approximate surface area is 126 Å². The minimum absolute atomic E-state index is 0.119. The number of nitrogens with two attached hydrogens (primary N) is 1. The molecule has 0 aliphatic rings. The molecule has 1 aromatic rings. The molecule has 6 heteroatoms. The Kier molecular flexibility index (Phi) is 7.71. The number of nitrogens with zero attached hydrogens (tertiary/aromatic N) is 1. The molecule has 4 N–H and O–H groups in total. The first-order valence-electron chi connectivity index (χ1n) is 7.43. The highest BCUT2D eigenvalue weighted by molar-refractivity contribution is 5.95. The third-order valence-corrected chi connectivity index (χ3v) is 2.95. The topological polar surface area (TPSA) is 89.3 Å². The minimum Gasteiger partial charge on any atom is -0.381 e. The lowest BCUT2D eigenvalue weighted by atomic mass is 10.1.